The Kier molecular flexibility index (Phi) is 12.7. The molecule has 0 radical (unpaired) electrons. The topological polar surface area (TPSA) is 34.1 Å². The first-order chi connectivity index (χ1) is 19.6. The number of allylic oxidation sites excluding steroid dienone is 24. The molecule has 0 spiro atoms. The van der Waals surface area contributed by atoms with E-state index in [1.165, 1.54) is 22.3 Å². The highest BCUT2D eigenvalue weighted by atomic mass is 16.1. The van der Waals surface area contributed by atoms with Crippen molar-refractivity contribution in [1.29, 1.82) is 0 Å². The van der Waals surface area contributed by atoms with Crippen molar-refractivity contribution in [3.05, 3.63) is 142 Å². The molecule has 0 atom stereocenters. The van der Waals surface area contributed by atoms with Gasteiger partial charge in [0, 0.05) is 12.8 Å². The van der Waals surface area contributed by atoms with Gasteiger partial charge in [-0.25, -0.2) is 0 Å². The zero-order valence-electron chi connectivity index (χ0n) is 27.5. The fourth-order valence-electron chi connectivity index (χ4n) is 5.35. The van der Waals surface area contributed by atoms with Crippen LogP contribution in [0.15, 0.2) is 142 Å². The lowest BCUT2D eigenvalue weighted by Crippen LogP contribution is -2.24. The third-order valence-electron chi connectivity index (χ3n) is 7.59. The van der Waals surface area contributed by atoms with E-state index >= 15 is 0 Å². The van der Waals surface area contributed by atoms with Crippen LogP contribution in [0.2, 0.25) is 0 Å². The number of hydrogen-bond acceptors (Lipinski definition) is 2. The Balaban J connectivity index is 1.93. The average Bonchev–Trinajstić information content (AvgIpc) is 2.84. The van der Waals surface area contributed by atoms with Gasteiger partial charge in [0.15, 0.2) is 11.6 Å². The van der Waals surface area contributed by atoms with Crippen molar-refractivity contribution in [1.82, 2.24) is 0 Å². The summed E-state index contributed by atoms with van der Waals surface area (Å²) in [6, 6.07) is 0. The standard InChI is InChI=1S/C40H50O2/c1-29(17-13-19-31(3)21-23-37-33(5)25-35(41)27-39(37,7)8)15-11-12-16-30(2)18-14-20-32(4)22-24-38-34(6)26-36(42)28-40(38,9)10/h11-26H,27-28H2,1-10H3. The Labute approximate surface area is 255 Å². The Hall–Kier alpha value is -3.78. The van der Waals surface area contributed by atoms with Crippen LogP contribution in [0.25, 0.3) is 0 Å². The molecule has 0 N–H and O–H groups in total. The van der Waals surface area contributed by atoms with Gasteiger partial charge in [-0.05, 0) is 86.8 Å². The van der Waals surface area contributed by atoms with Crippen LogP contribution in [0.5, 0.6) is 0 Å². The monoisotopic (exact) mass is 562 g/mol. The quantitative estimate of drug-likeness (QED) is 0.262. The highest BCUT2D eigenvalue weighted by Gasteiger charge is 2.31. The summed E-state index contributed by atoms with van der Waals surface area (Å²) >= 11 is 0. The van der Waals surface area contributed by atoms with Crippen molar-refractivity contribution in [3.8, 4) is 0 Å². The van der Waals surface area contributed by atoms with Gasteiger partial charge in [0.1, 0.15) is 0 Å². The van der Waals surface area contributed by atoms with Gasteiger partial charge in [0.2, 0.25) is 0 Å². The van der Waals surface area contributed by atoms with Gasteiger partial charge in [-0.3, -0.25) is 9.59 Å². The lowest BCUT2D eigenvalue weighted by Gasteiger charge is -2.31. The summed E-state index contributed by atoms with van der Waals surface area (Å²) in [5, 5.41) is 0. The molecule has 2 nitrogen and oxygen atoms in total. The van der Waals surface area contributed by atoms with Gasteiger partial charge < -0.3 is 0 Å². The maximum absolute atomic E-state index is 11.9. The zero-order valence-corrected chi connectivity index (χ0v) is 27.5. The van der Waals surface area contributed by atoms with Gasteiger partial charge in [-0.2, -0.15) is 0 Å². The lowest BCUT2D eigenvalue weighted by molar-refractivity contribution is -0.117. The van der Waals surface area contributed by atoms with E-state index in [0.29, 0.717) is 12.8 Å². The highest BCUT2D eigenvalue weighted by molar-refractivity contribution is 5.94. The highest BCUT2D eigenvalue weighted by Crippen LogP contribution is 2.40. The summed E-state index contributed by atoms with van der Waals surface area (Å²) in [6.45, 7) is 20.9. The molecule has 0 heterocycles. The minimum Gasteiger partial charge on any atom is -0.295 e. The molecule has 222 valence electrons. The summed E-state index contributed by atoms with van der Waals surface area (Å²) in [5.74, 6) is 0.421. The smallest absolute Gasteiger partial charge is 0.156 e. The molecule has 2 heteroatoms. The summed E-state index contributed by atoms with van der Waals surface area (Å²) in [6.07, 6.45) is 34.0. The molecule has 42 heavy (non-hydrogen) atoms. The predicted molar refractivity (Wildman–Crippen MR) is 182 cm³/mol. The van der Waals surface area contributed by atoms with Crippen molar-refractivity contribution in [2.45, 2.75) is 82.1 Å². The molecule has 2 rings (SSSR count). The van der Waals surface area contributed by atoms with Gasteiger partial charge in [-0.15, -0.1) is 0 Å². The van der Waals surface area contributed by atoms with E-state index < -0.39 is 0 Å². The third kappa shape index (κ3) is 11.2. The molecule has 0 saturated heterocycles. The molecule has 0 bridgehead atoms. The van der Waals surface area contributed by atoms with Crippen molar-refractivity contribution in [2.75, 3.05) is 0 Å². The van der Waals surface area contributed by atoms with E-state index in [1.807, 2.05) is 13.8 Å². The van der Waals surface area contributed by atoms with Crippen LogP contribution in [0, 0.1) is 10.8 Å². The molecule has 2 aliphatic rings. The van der Waals surface area contributed by atoms with E-state index in [-0.39, 0.29) is 22.4 Å². The lowest BCUT2D eigenvalue weighted by atomic mass is 9.72. The first-order valence-electron chi connectivity index (χ1n) is 14.9. The summed E-state index contributed by atoms with van der Waals surface area (Å²) < 4.78 is 0. The van der Waals surface area contributed by atoms with E-state index in [2.05, 4.69) is 140 Å². The van der Waals surface area contributed by atoms with Crippen LogP contribution in [0.1, 0.15) is 82.1 Å². The molecule has 2 aliphatic carbocycles. The molecule has 0 aromatic rings. The molecular weight excluding hydrogens is 512 g/mol. The first-order valence-corrected chi connectivity index (χ1v) is 14.9. The predicted octanol–water partition coefficient (Wildman–Crippen LogP) is 10.7. The Morgan fingerprint density at radius 3 is 1.19 bits per heavy atom. The van der Waals surface area contributed by atoms with E-state index in [9.17, 15) is 9.59 Å². The van der Waals surface area contributed by atoms with Crippen molar-refractivity contribution in [2.24, 2.45) is 10.8 Å². The Bertz CT molecular complexity index is 1310. The number of carbonyl (C=O) groups excluding carboxylic acids is 2. The van der Waals surface area contributed by atoms with Crippen molar-refractivity contribution < 1.29 is 9.59 Å². The minimum absolute atomic E-state index is 0.128. The van der Waals surface area contributed by atoms with E-state index in [1.54, 1.807) is 12.2 Å². The zero-order chi connectivity index (χ0) is 31.5. The summed E-state index contributed by atoms with van der Waals surface area (Å²) in [5.41, 5.74) is 8.98. The fraction of sp³-hybridized carbons (Fsp3) is 0.350. The largest absolute Gasteiger partial charge is 0.295 e. The molecule has 0 amide bonds. The summed E-state index contributed by atoms with van der Waals surface area (Å²) in [4.78, 5) is 23.8. The normalized spacial score (nSPS) is 22.9. The van der Waals surface area contributed by atoms with Gasteiger partial charge in [0.25, 0.3) is 0 Å². The number of carbonyl (C=O) groups is 2. The number of ketones is 2. The van der Waals surface area contributed by atoms with E-state index in [4.69, 9.17) is 0 Å². The molecule has 0 fully saturated rings. The van der Waals surface area contributed by atoms with Crippen molar-refractivity contribution in [3.63, 3.8) is 0 Å². The summed E-state index contributed by atoms with van der Waals surface area (Å²) in [7, 11) is 0. The molecule has 0 aromatic heterocycles. The van der Waals surface area contributed by atoms with Crippen LogP contribution < -0.4 is 0 Å². The minimum atomic E-state index is -0.128. The van der Waals surface area contributed by atoms with Crippen LogP contribution in [-0.2, 0) is 9.59 Å². The average molecular weight is 563 g/mol. The van der Waals surface area contributed by atoms with Crippen LogP contribution in [0.4, 0.5) is 0 Å². The molecule has 0 saturated carbocycles. The van der Waals surface area contributed by atoms with Gasteiger partial charge in [0.05, 0.1) is 0 Å². The third-order valence-corrected chi connectivity index (χ3v) is 7.59. The molecule has 0 aliphatic heterocycles. The Morgan fingerprint density at radius 1 is 0.548 bits per heavy atom. The van der Waals surface area contributed by atoms with Gasteiger partial charge in [-0.1, -0.05) is 135 Å². The SMILES string of the molecule is CC(C=CC=CC(C)=CC=CC(C)=CC=C1C(C)=CC(=O)CC1(C)C)=CC=CC(C)=CC=C1C(C)=CC(=O)CC1(C)C. The Morgan fingerprint density at radius 2 is 0.857 bits per heavy atom. The molecule has 0 unspecified atom stereocenters. The molecular formula is C40H50O2. The van der Waals surface area contributed by atoms with E-state index in [0.717, 1.165) is 22.3 Å². The maximum Gasteiger partial charge on any atom is 0.156 e. The van der Waals surface area contributed by atoms with Crippen LogP contribution in [-0.4, -0.2) is 11.6 Å². The van der Waals surface area contributed by atoms with Gasteiger partial charge >= 0.3 is 0 Å². The second-order valence-electron chi connectivity index (χ2n) is 12.9. The van der Waals surface area contributed by atoms with Crippen molar-refractivity contribution >= 4 is 11.6 Å². The number of hydrogen-bond donors (Lipinski definition) is 0. The second kappa shape index (κ2) is 15.4. The fourth-order valence-corrected chi connectivity index (χ4v) is 5.35. The first kappa shape index (κ1) is 34.4. The van der Waals surface area contributed by atoms with Crippen LogP contribution >= 0.6 is 0 Å². The number of rotatable bonds is 9. The maximum atomic E-state index is 11.9. The van der Waals surface area contributed by atoms with Crippen LogP contribution in [0.3, 0.4) is 0 Å². The second-order valence-corrected chi connectivity index (χ2v) is 12.9. The molecule has 0 aromatic carbocycles.